The van der Waals surface area contributed by atoms with Crippen LogP contribution in [0.1, 0.15) is 81.6 Å². The summed E-state index contributed by atoms with van der Waals surface area (Å²) >= 11 is 0. The lowest BCUT2D eigenvalue weighted by molar-refractivity contribution is -0.141. The molecule has 1 aromatic heterocycles. The molecule has 1 N–H and O–H groups in total. The van der Waals surface area contributed by atoms with E-state index in [4.69, 9.17) is 0 Å². The zero-order valence-corrected chi connectivity index (χ0v) is 26.7. The minimum Gasteiger partial charge on any atom is -0.332 e. The van der Waals surface area contributed by atoms with Crippen LogP contribution in [0, 0.1) is 0 Å². The van der Waals surface area contributed by atoms with Crippen molar-refractivity contribution in [3.8, 4) is 0 Å². The van der Waals surface area contributed by atoms with Crippen LogP contribution in [-0.4, -0.2) is 71.8 Å². The highest BCUT2D eigenvalue weighted by Crippen LogP contribution is 2.34. The number of hydrogen-bond donors (Lipinski definition) is 1. The van der Waals surface area contributed by atoms with Crippen LogP contribution >= 0.6 is 0 Å². The predicted molar refractivity (Wildman–Crippen MR) is 174 cm³/mol. The Hall–Kier alpha value is -4.91. The quantitative estimate of drug-likeness (QED) is 0.155. The number of imide groups is 1. The first-order chi connectivity index (χ1) is 23.0. The molecule has 10 nitrogen and oxygen atoms in total. The molecule has 0 saturated carbocycles. The van der Waals surface area contributed by atoms with E-state index in [9.17, 15) is 32.3 Å². The van der Waals surface area contributed by atoms with Crippen molar-refractivity contribution in [2.45, 2.75) is 63.8 Å². The number of amides is 3. The number of benzene rings is 2. The fourth-order valence-electron chi connectivity index (χ4n) is 6.19. The van der Waals surface area contributed by atoms with Crippen molar-refractivity contribution in [1.82, 2.24) is 20.1 Å². The van der Waals surface area contributed by atoms with E-state index in [0.29, 0.717) is 48.7 Å². The van der Waals surface area contributed by atoms with Crippen LogP contribution < -0.4 is 10.2 Å². The smallest absolute Gasteiger partial charge is 0.332 e. The fraction of sp³-hybridized carbons (Fsp3) is 0.371. The Bertz CT molecular complexity index is 1700. The van der Waals surface area contributed by atoms with Gasteiger partial charge in [0, 0.05) is 43.7 Å². The first-order valence-corrected chi connectivity index (χ1v) is 15.8. The molecule has 1 saturated heterocycles. The number of carbonyl (C=O) groups is 4. The van der Waals surface area contributed by atoms with Gasteiger partial charge in [0.25, 0.3) is 5.91 Å². The van der Waals surface area contributed by atoms with E-state index >= 15 is 0 Å². The summed E-state index contributed by atoms with van der Waals surface area (Å²) in [7, 11) is 1.53. The minimum atomic E-state index is -4.56. The average molecular weight is 663 g/mol. The summed E-state index contributed by atoms with van der Waals surface area (Å²) in [6.45, 7) is 4.78. The zero-order valence-electron chi connectivity index (χ0n) is 26.7. The second-order valence-electron chi connectivity index (χ2n) is 12.2. The Labute approximate surface area is 276 Å². The molecule has 0 aliphatic carbocycles. The molecule has 0 spiro atoms. The summed E-state index contributed by atoms with van der Waals surface area (Å²) in [6.07, 6.45) is 0.376. The van der Waals surface area contributed by atoms with Crippen LogP contribution in [0.2, 0.25) is 0 Å². The summed E-state index contributed by atoms with van der Waals surface area (Å²) in [5.74, 6) is 0.0227. The average Bonchev–Trinajstić information content (AvgIpc) is 3.42. The maximum absolute atomic E-state index is 13.0. The van der Waals surface area contributed by atoms with Crippen molar-refractivity contribution >= 4 is 42.4 Å². The maximum Gasteiger partial charge on any atom is 0.433 e. The van der Waals surface area contributed by atoms with E-state index in [2.05, 4.69) is 26.3 Å². The lowest BCUT2D eigenvalue weighted by Crippen LogP contribution is -2.34. The van der Waals surface area contributed by atoms with Gasteiger partial charge in [-0.2, -0.15) is 13.2 Å². The van der Waals surface area contributed by atoms with Crippen molar-refractivity contribution < 1.29 is 32.3 Å². The molecule has 3 amide bonds. The third kappa shape index (κ3) is 8.14. The number of hydrogen-bond acceptors (Lipinski definition) is 7. The molecule has 252 valence electrons. The molecule has 1 atom stereocenters. The first kappa shape index (κ1) is 34.4. The van der Waals surface area contributed by atoms with Gasteiger partial charge in [0.05, 0.1) is 12.0 Å². The van der Waals surface area contributed by atoms with Crippen LogP contribution in [0.4, 0.5) is 24.7 Å². The Kier molecular flexibility index (Phi) is 10.7. The highest BCUT2D eigenvalue weighted by molar-refractivity contribution is 5.98. The van der Waals surface area contributed by atoms with E-state index in [1.165, 1.54) is 36.0 Å². The molecule has 2 aromatic carbocycles. The highest BCUT2D eigenvalue weighted by Gasteiger charge is 2.33. The third-order valence-corrected chi connectivity index (χ3v) is 8.94. The number of carbonyl (C=O) groups excluding carboxylic acids is 4. The second-order valence-corrected chi connectivity index (χ2v) is 12.2. The van der Waals surface area contributed by atoms with Gasteiger partial charge < -0.3 is 9.80 Å². The normalized spacial score (nSPS) is 16.2. The van der Waals surface area contributed by atoms with Gasteiger partial charge in [-0.1, -0.05) is 24.3 Å². The number of alkyl halides is 3. The molecule has 3 heterocycles. The summed E-state index contributed by atoms with van der Waals surface area (Å²) < 4.78 is 39.1. The first-order valence-electron chi connectivity index (χ1n) is 15.8. The van der Waals surface area contributed by atoms with Crippen molar-refractivity contribution in [3.63, 3.8) is 0 Å². The van der Waals surface area contributed by atoms with E-state index in [1.54, 1.807) is 17.0 Å². The number of nitrogens with one attached hydrogen (secondary N) is 1. The maximum atomic E-state index is 13.0. The Morgan fingerprint density at radius 3 is 2.60 bits per heavy atom. The van der Waals surface area contributed by atoms with Crippen LogP contribution in [0.25, 0.3) is 0 Å². The number of aliphatic imine (C=N–C) groups is 1. The second kappa shape index (κ2) is 14.9. The van der Waals surface area contributed by atoms with Crippen molar-refractivity contribution in [1.29, 1.82) is 0 Å². The number of anilines is 1. The van der Waals surface area contributed by atoms with Gasteiger partial charge in [0.1, 0.15) is 11.5 Å². The van der Waals surface area contributed by atoms with Gasteiger partial charge in [-0.3, -0.25) is 29.4 Å². The van der Waals surface area contributed by atoms with Gasteiger partial charge in [0.2, 0.25) is 12.3 Å². The van der Waals surface area contributed by atoms with Crippen LogP contribution in [-0.2, 0) is 28.9 Å². The van der Waals surface area contributed by atoms with Crippen molar-refractivity contribution in [3.05, 3.63) is 88.1 Å². The standard InChI is InChI=1S/C35H37F3N6O4/c1-23(6-11-33(47)40-22-46)44-19-27-17-26(8-9-29(27)34(44)48)25-12-14-43(15-13-25)18-24-7-10-30(28(16-24)20-45)39-21-42(2)32-5-3-4-31(41-32)35(36,37)38/h3-5,7-10,16-17,20-23,25H,6,11-15,18-19H2,1-2H3,(H,40,46,47). The summed E-state index contributed by atoms with van der Waals surface area (Å²) in [6, 6.07) is 15.0. The minimum absolute atomic E-state index is 0.0409. The predicted octanol–water partition coefficient (Wildman–Crippen LogP) is 5.49. The molecular formula is C35H37F3N6O4. The molecule has 2 aliphatic rings. The lowest BCUT2D eigenvalue weighted by Gasteiger charge is -2.32. The number of fused-ring (bicyclic) bond motifs is 1. The van der Waals surface area contributed by atoms with E-state index < -0.39 is 11.9 Å². The lowest BCUT2D eigenvalue weighted by atomic mass is 9.87. The summed E-state index contributed by atoms with van der Waals surface area (Å²) in [5.41, 5.74) is 3.63. The van der Waals surface area contributed by atoms with E-state index in [1.807, 2.05) is 25.1 Å². The van der Waals surface area contributed by atoms with Crippen LogP contribution in [0.15, 0.2) is 59.6 Å². The number of likely N-dealkylation sites (tertiary alicyclic amines) is 1. The highest BCUT2D eigenvalue weighted by atomic mass is 19.4. The number of pyridine rings is 1. The molecule has 1 fully saturated rings. The summed E-state index contributed by atoms with van der Waals surface area (Å²) in [4.78, 5) is 60.5. The Morgan fingerprint density at radius 1 is 1.12 bits per heavy atom. The number of piperidine rings is 1. The largest absolute Gasteiger partial charge is 0.433 e. The molecule has 0 radical (unpaired) electrons. The number of rotatable bonds is 12. The Balaban J connectivity index is 1.15. The zero-order chi connectivity index (χ0) is 34.4. The van der Waals surface area contributed by atoms with Gasteiger partial charge in [-0.25, -0.2) is 9.98 Å². The van der Waals surface area contributed by atoms with Crippen molar-refractivity contribution in [2.24, 2.45) is 4.99 Å². The number of halogens is 3. The van der Waals surface area contributed by atoms with E-state index in [0.717, 1.165) is 49.4 Å². The molecule has 0 bridgehead atoms. The van der Waals surface area contributed by atoms with Crippen LogP contribution in [0.5, 0.6) is 0 Å². The van der Waals surface area contributed by atoms with E-state index in [-0.39, 0.29) is 30.1 Å². The number of aromatic nitrogens is 1. The molecular weight excluding hydrogens is 625 g/mol. The molecule has 3 aromatic rings. The third-order valence-electron chi connectivity index (χ3n) is 8.94. The monoisotopic (exact) mass is 662 g/mol. The Morgan fingerprint density at radius 2 is 1.90 bits per heavy atom. The number of nitrogens with zero attached hydrogens (tertiary/aromatic N) is 5. The molecule has 5 rings (SSSR count). The molecule has 48 heavy (non-hydrogen) atoms. The SMILES string of the molecule is CC(CCC(=O)NC=O)N1Cc2cc(C3CCN(Cc4ccc(N=CN(C)c5cccc(C(F)(F)F)n5)c(C=O)c4)CC3)ccc2C1=O. The summed E-state index contributed by atoms with van der Waals surface area (Å²) in [5, 5.41) is 2.13. The molecule has 2 aliphatic heterocycles. The molecule has 13 heteroatoms. The number of aldehydes is 1. The van der Waals surface area contributed by atoms with Gasteiger partial charge in [-0.15, -0.1) is 0 Å². The van der Waals surface area contributed by atoms with Gasteiger partial charge >= 0.3 is 6.18 Å². The van der Waals surface area contributed by atoms with Gasteiger partial charge in [-0.05, 0) is 92.2 Å². The van der Waals surface area contributed by atoms with Gasteiger partial charge in [0.15, 0.2) is 6.29 Å². The molecule has 1 unspecified atom stereocenters. The fourth-order valence-corrected chi connectivity index (χ4v) is 6.19. The van der Waals surface area contributed by atoms with Crippen LogP contribution in [0.3, 0.4) is 0 Å². The topological polar surface area (TPSA) is 115 Å². The van der Waals surface area contributed by atoms with Crippen molar-refractivity contribution in [2.75, 3.05) is 25.0 Å².